The minimum Gasteiger partial charge on any atom is -0.477 e. The first-order chi connectivity index (χ1) is 12.3. The van der Waals surface area contributed by atoms with E-state index in [0.717, 1.165) is 4.90 Å². The van der Waals surface area contributed by atoms with Crippen LogP contribution in [0, 0.1) is 0 Å². The molecule has 2 unspecified atom stereocenters. The molecule has 2 aliphatic heterocycles. The number of nitrogens with zero attached hydrogens (tertiary/aromatic N) is 3. The van der Waals surface area contributed by atoms with Gasteiger partial charge >= 0.3 is 11.9 Å². The summed E-state index contributed by atoms with van der Waals surface area (Å²) in [6.45, 7) is 1.03. The van der Waals surface area contributed by atoms with Crippen LogP contribution < -0.4 is 5.32 Å². The van der Waals surface area contributed by atoms with Crippen LogP contribution >= 0.6 is 11.8 Å². The highest BCUT2D eigenvalue weighted by atomic mass is 32.2. The van der Waals surface area contributed by atoms with Crippen LogP contribution in [-0.4, -0.2) is 67.3 Å². The molecule has 138 valence electrons. The molecular weight excluding hydrogens is 364 g/mol. The lowest BCUT2D eigenvalue weighted by Gasteiger charge is -2.49. The van der Waals surface area contributed by atoms with Crippen molar-refractivity contribution in [2.45, 2.75) is 18.3 Å². The summed E-state index contributed by atoms with van der Waals surface area (Å²) in [4.78, 5) is 48.3. The van der Waals surface area contributed by atoms with Crippen molar-refractivity contribution >= 4 is 35.5 Å². The van der Waals surface area contributed by atoms with Crippen molar-refractivity contribution in [1.82, 2.24) is 20.0 Å². The van der Waals surface area contributed by atoms with Crippen molar-refractivity contribution in [2.75, 3.05) is 12.4 Å². The minimum absolute atomic E-state index is 0.170. The molecule has 3 heterocycles. The summed E-state index contributed by atoms with van der Waals surface area (Å²) >= 11 is 1.30. The van der Waals surface area contributed by atoms with Gasteiger partial charge in [0, 0.05) is 31.5 Å². The summed E-state index contributed by atoms with van der Waals surface area (Å²) in [5.74, 6) is -2.57. The summed E-state index contributed by atoms with van der Waals surface area (Å²) in [5.41, 5.74) is 0.323. The van der Waals surface area contributed by atoms with E-state index in [1.807, 2.05) is 0 Å². The molecule has 1 fully saturated rings. The van der Waals surface area contributed by atoms with Crippen molar-refractivity contribution in [2.24, 2.45) is 7.05 Å². The van der Waals surface area contributed by atoms with Gasteiger partial charge in [0.1, 0.15) is 29.4 Å². The van der Waals surface area contributed by atoms with Gasteiger partial charge in [-0.2, -0.15) is 5.10 Å². The van der Waals surface area contributed by atoms with E-state index in [0.29, 0.717) is 5.57 Å². The highest BCUT2D eigenvalue weighted by Gasteiger charge is 2.54. The fraction of sp³-hybridized carbons (Fsp3) is 0.400. The molecule has 3 rings (SSSR count). The predicted octanol–water partition coefficient (Wildman–Crippen LogP) is -0.665. The molecule has 0 aromatic carbocycles. The minimum atomic E-state index is -1.28. The Morgan fingerprint density at radius 2 is 2.19 bits per heavy atom. The molecule has 2 atom stereocenters. The number of aromatic nitrogens is 2. The normalized spacial score (nSPS) is 21.8. The summed E-state index contributed by atoms with van der Waals surface area (Å²) in [6.07, 6.45) is 1.60. The van der Waals surface area contributed by atoms with Crippen LogP contribution in [0.4, 0.5) is 0 Å². The Hall–Kier alpha value is -2.82. The molecule has 0 radical (unpaired) electrons. The zero-order valence-corrected chi connectivity index (χ0v) is 14.8. The molecule has 11 heteroatoms. The number of fused-ring (bicyclic) bond motifs is 1. The Morgan fingerprint density at radius 3 is 2.77 bits per heavy atom. The van der Waals surface area contributed by atoms with Gasteiger partial charge in [0.15, 0.2) is 0 Å². The molecule has 0 aliphatic carbocycles. The van der Waals surface area contributed by atoms with Crippen molar-refractivity contribution in [1.29, 1.82) is 0 Å². The van der Waals surface area contributed by atoms with Crippen molar-refractivity contribution in [3.8, 4) is 0 Å². The van der Waals surface area contributed by atoms with E-state index in [4.69, 9.17) is 4.74 Å². The van der Waals surface area contributed by atoms with E-state index in [1.54, 1.807) is 13.2 Å². The lowest BCUT2D eigenvalue weighted by molar-refractivity contribution is -0.149. The molecule has 2 amide bonds. The van der Waals surface area contributed by atoms with Crippen LogP contribution in [0.5, 0.6) is 0 Å². The molecular formula is C15H16N4O6S. The fourth-order valence-corrected chi connectivity index (χ4v) is 4.06. The second kappa shape index (κ2) is 6.83. The van der Waals surface area contributed by atoms with Gasteiger partial charge < -0.3 is 15.2 Å². The van der Waals surface area contributed by atoms with E-state index in [1.165, 1.54) is 29.4 Å². The number of hydrogen-bond acceptors (Lipinski definition) is 7. The number of esters is 1. The zero-order chi connectivity index (χ0) is 19.0. The zero-order valence-electron chi connectivity index (χ0n) is 14.0. The topological polar surface area (TPSA) is 131 Å². The van der Waals surface area contributed by atoms with Gasteiger partial charge in [0.25, 0.3) is 11.8 Å². The third-order valence-corrected chi connectivity index (χ3v) is 5.27. The highest BCUT2D eigenvalue weighted by Crippen LogP contribution is 2.40. The smallest absolute Gasteiger partial charge is 0.352 e. The van der Waals surface area contributed by atoms with Gasteiger partial charge in [0.2, 0.25) is 0 Å². The Balaban J connectivity index is 1.75. The second-order valence-electron chi connectivity index (χ2n) is 5.77. The first-order valence-corrected chi connectivity index (χ1v) is 8.68. The standard InChI is InChI=1S/C15H16N4O6S/c1-7(20)25-5-8-6-26-14-10(13(22)19(14)11(8)15(23)24)16-12(21)9-3-4-18(2)17-9/h3-4,10,14H,5-6H2,1-2H3,(H,16,21)(H,23,24). The number of aliphatic carboxylic acids is 1. The van der Waals surface area contributed by atoms with E-state index in [2.05, 4.69) is 10.4 Å². The van der Waals surface area contributed by atoms with E-state index >= 15 is 0 Å². The third-order valence-electron chi connectivity index (χ3n) is 3.93. The van der Waals surface area contributed by atoms with Crippen LogP contribution in [0.2, 0.25) is 0 Å². The number of carbonyl (C=O) groups is 4. The van der Waals surface area contributed by atoms with Gasteiger partial charge in [-0.3, -0.25) is 24.0 Å². The summed E-state index contributed by atoms with van der Waals surface area (Å²) in [6, 6.07) is 0.684. The molecule has 10 nitrogen and oxygen atoms in total. The number of carboxylic acid groups (broad SMARTS) is 1. The average Bonchev–Trinajstić information content (AvgIpc) is 3.02. The molecule has 2 aliphatic rings. The van der Waals surface area contributed by atoms with Crippen molar-refractivity contribution in [3.63, 3.8) is 0 Å². The molecule has 0 spiro atoms. The first kappa shape index (κ1) is 18.0. The Kier molecular flexibility index (Phi) is 4.72. The number of amides is 2. The number of nitrogens with one attached hydrogen (secondary N) is 1. The van der Waals surface area contributed by atoms with Crippen molar-refractivity contribution < 1.29 is 29.0 Å². The average molecular weight is 380 g/mol. The number of carbonyl (C=O) groups excluding carboxylic acids is 3. The molecule has 1 saturated heterocycles. The summed E-state index contributed by atoms with van der Waals surface area (Å²) < 4.78 is 6.33. The molecule has 26 heavy (non-hydrogen) atoms. The largest absolute Gasteiger partial charge is 0.477 e. The Morgan fingerprint density at radius 1 is 1.46 bits per heavy atom. The van der Waals surface area contributed by atoms with E-state index in [9.17, 15) is 24.3 Å². The number of β-lactam (4-membered cyclic amide) rings is 1. The first-order valence-electron chi connectivity index (χ1n) is 7.63. The van der Waals surface area contributed by atoms with Gasteiger partial charge in [-0.1, -0.05) is 0 Å². The molecule has 2 N–H and O–H groups in total. The number of ether oxygens (including phenoxy) is 1. The lowest BCUT2D eigenvalue weighted by Crippen LogP contribution is -2.70. The SMILES string of the molecule is CC(=O)OCC1=C(C(=O)O)N2C(=O)C(NC(=O)c3ccn(C)n3)C2SC1. The van der Waals surface area contributed by atoms with Crippen LogP contribution in [0.1, 0.15) is 17.4 Å². The molecule has 1 aromatic rings. The van der Waals surface area contributed by atoms with Gasteiger partial charge in [-0.25, -0.2) is 4.79 Å². The van der Waals surface area contributed by atoms with Crippen LogP contribution in [0.3, 0.4) is 0 Å². The molecule has 1 aromatic heterocycles. The summed E-state index contributed by atoms with van der Waals surface area (Å²) in [5, 5.41) is 15.5. The Labute approximate surface area is 152 Å². The maximum absolute atomic E-state index is 12.4. The summed E-state index contributed by atoms with van der Waals surface area (Å²) in [7, 11) is 1.67. The second-order valence-corrected chi connectivity index (χ2v) is 6.88. The lowest BCUT2D eigenvalue weighted by atomic mass is 10.0. The van der Waals surface area contributed by atoms with Crippen LogP contribution in [0.25, 0.3) is 0 Å². The Bertz CT molecular complexity index is 832. The van der Waals surface area contributed by atoms with Crippen LogP contribution in [-0.2, 0) is 26.2 Å². The van der Waals surface area contributed by atoms with E-state index < -0.39 is 35.2 Å². The third kappa shape index (κ3) is 3.17. The fourth-order valence-electron chi connectivity index (χ4n) is 2.73. The van der Waals surface area contributed by atoms with Gasteiger partial charge in [0.05, 0.1) is 0 Å². The van der Waals surface area contributed by atoms with Gasteiger partial charge in [-0.15, -0.1) is 11.8 Å². The maximum atomic E-state index is 12.4. The van der Waals surface area contributed by atoms with Crippen molar-refractivity contribution in [3.05, 3.63) is 29.2 Å². The van der Waals surface area contributed by atoms with Gasteiger partial charge in [-0.05, 0) is 6.07 Å². The monoisotopic (exact) mass is 380 g/mol. The number of thioether (sulfide) groups is 1. The number of carboxylic acids is 1. The predicted molar refractivity (Wildman–Crippen MR) is 88.8 cm³/mol. The highest BCUT2D eigenvalue weighted by molar-refractivity contribution is 8.00. The molecule has 0 bridgehead atoms. The quantitative estimate of drug-likeness (QED) is 0.508. The number of hydrogen-bond donors (Lipinski definition) is 2. The van der Waals surface area contributed by atoms with Crippen LogP contribution in [0.15, 0.2) is 23.5 Å². The van der Waals surface area contributed by atoms with E-state index in [-0.39, 0.29) is 23.8 Å². The number of aryl methyl sites for hydroxylation is 1. The number of rotatable bonds is 5. The molecule has 0 saturated carbocycles. The maximum Gasteiger partial charge on any atom is 0.352 e.